The first-order valence-electron chi connectivity index (χ1n) is 6.29. The van der Waals surface area contributed by atoms with Crippen LogP contribution in [0.3, 0.4) is 0 Å². The lowest BCUT2D eigenvalue weighted by Crippen LogP contribution is -2.41. The maximum absolute atomic E-state index is 5.86. The fraction of sp³-hybridized carbons (Fsp3) is 0.833. The zero-order valence-corrected chi connectivity index (χ0v) is 10.6. The van der Waals surface area contributed by atoms with Gasteiger partial charge in [0.2, 0.25) is 5.89 Å². The second-order valence-corrected chi connectivity index (χ2v) is 4.89. The highest BCUT2D eigenvalue weighted by Gasteiger charge is 2.38. The molecule has 2 N–H and O–H groups in total. The summed E-state index contributed by atoms with van der Waals surface area (Å²) in [5.74, 6) is 1.38. The van der Waals surface area contributed by atoms with E-state index in [9.17, 15) is 0 Å². The summed E-state index contributed by atoms with van der Waals surface area (Å²) in [6, 6.07) is 0.112. The van der Waals surface area contributed by atoms with E-state index in [0.29, 0.717) is 18.1 Å². The third kappa shape index (κ3) is 2.84. The molecule has 0 bridgehead atoms. The molecule has 1 aliphatic rings. The zero-order chi connectivity index (χ0) is 12.3. The van der Waals surface area contributed by atoms with Crippen LogP contribution in [-0.4, -0.2) is 28.9 Å². The van der Waals surface area contributed by atoms with Gasteiger partial charge in [0, 0.05) is 19.6 Å². The van der Waals surface area contributed by atoms with Crippen molar-refractivity contribution in [1.29, 1.82) is 0 Å². The van der Waals surface area contributed by atoms with Gasteiger partial charge in [-0.3, -0.25) is 0 Å². The van der Waals surface area contributed by atoms with Gasteiger partial charge in [-0.2, -0.15) is 4.98 Å². The van der Waals surface area contributed by atoms with Crippen molar-refractivity contribution in [3.8, 4) is 0 Å². The van der Waals surface area contributed by atoms with Gasteiger partial charge in [0.25, 0.3) is 0 Å². The summed E-state index contributed by atoms with van der Waals surface area (Å²) < 4.78 is 10.8. The van der Waals surface area contributed by atoms with Crippen LogP contribution < -0.4 is 5.73 Å². The summed E-state index contributed by atoms with van der Waals surface area (Å²) >= 11 is 0. The van der Waals surface area contributed by atoms with Crippen molar-refractivity contribution in [2.45, 2.75) is 57.1 Å². The predicted octanol–water partition coefficient (Wildman–Crippen LogP) is 1.46. The van der Waals surface area contributed by atoms with Gasteiger partial charge in [-0.1, -0.05) is 12.1 Å². The number of methoxy groups -OCH3 is 1. The number of aromatic nitrogens is 2. The number of nitrogens with two attached hydrogens (primary N) is 1. The number of hydrogen-bond donors (Lipinski definition) is 1. The molecule has 5 heteroatoms. The molecule has 5 nitrogen and oxygen atoms in total. The molecule has 1 atom stereocenters. The van der Waals surface area contributed by atoms with Gasteiger partial charge in [0.05, 0.1) is 12.0 Å². The zero-order valence-electron chi connectivity index (χ0n) is 10.6. The van der Waals surface area contributed by atoms with Crippen LogP contribution in [0.25, 0.3) is 0 Å². The highest BCUT2D eigenvalue weighted by molar-refractivity contribution is 4.99. The summed E-state index contributed by atoms with van der Waals surface area (Å²) in [7, 11) is 1.75. The molecule has 0 amide bonds. The van der Waals surface area contributed by atoms with Crippen molar-refractivity contribution in [3.05, 3.63) is 11.7 Å². The first-order valence-corrected chi connectivity index (χ1v) is 6.29. The molecule has 1 heterocycles. The standard InChI is InChI=1S/C12H21N3O2/c1-3-9(13)7-10-14-11(17-15-10)8-12(16-2)5-4-6-12/h9H,3-8,13H2,1-2H3. The van der Waals surface area contributed by atoms with Gasteiger partial charge in [-0.05, 0) is 25.7 Å². The van der Waals surface area contributed by atoms with Gasteiger partial charge < -0.3 is 15.0 Å². The molecule has 1 aliphatic carbocycles. The van der Waals surface area contributed by atoms with E-state index < -0.39 is 0 Å². The molecular formula is C12H21N3O2. The average Bonchev–Trinajstić information content (AvgIpc) is 2.71. The molecule has 0 aromatic carbocycles. The van der Waals surface area contributed by atoms with Gasteiger partial charge in [-0.25, -0.2) is 0 Å². The van der Waals surface area contributed by atoms with E-state index in [1.807, 2.05) is 0 Å². The predicted molar refractivity (Wildman–Crippen MR) is 63.6 cm³/mol. The minimum atomic E-state index is -0.0589. The molecule has 0 saturated heterocycles. The van der Waals surface area contributed by atoms with Crippen LogP contribution >= 0.6 is 0 Å². The van der Waals surface area contributed by atoms with Crippen molar-refractivity contribution in [2.24, 2.45) is 5.73 Å². The topological polar surface area (TPSA) is 74.2 Å². The van der Waals surface area contributed by atoms with Crippen molar-refractivity contribution in [1.82, 2.24) is 10.1 Å². The fourth-order valence-corrected chi connectivity index (χ4v) is 2.12. The van der Waals surface area contributed by atoms with E-state index in [-0.39, 0.29) is 11.6 Å². The van der Waals surface area contributed by atoms with Crippen LogP contribution in [0.15, 0.2) is 4.52 Å². The van der Waals surface area contributed by atoms with E-state index in [1.165, 1.54) is 6.42 Å². The number of ether oxygens (including phenoxy) is 1. The molecule has 0 aliphatic heterocycles. The normalized spacial score (nSPS) is 19.9. The molecule has 1 fully saturated rings. The third-order valence-electron chi connectivity index (χ3n) is 3.65. The number of rotatable bonds is 6. The Labute approximate surface area is 102 Å². The second-order valence-electron chi connectivity index (χ2n) is 4.89. The Morgan fingerprint density at radius 1 is 1.53 bits per heavy atom. The Balaban J connectivity index is 1.94. The van der Waals surface area contributed by atoms with Crippen LogP contribution in [0.1, 0.15) is 44.3 Å². The average molecular weight is 239 g/mol. The summed E-state index contributed by atoms with van der Waals surface area (Å²) in [5, 5.41) is 3.96. The van der Waals surface area contributed by atoms with Crippen LogP contribution in [-0.2, 0) is 17.6 Å². The Hall–Kier alpha value is -0.940. The van der Waals surface area contributed by atoms with Gasteiger partial charge in [0.15, 0.2) is 5.82 Å². The molecule has 17 heavy (non-hydrogen) atoms. The van der Waals surface area contributed by atoms with Gasteiger partial charge >= 0.3 is 0 Å². The van der Waals surface area contributed by atoms with Crippen molar-refractivity contribution >= 4 is 0 Å². The van der Waals surface area contributed by atoms with Crippen LogP contribution in [0, 0.1) is 0 Å². The molecule has 1 unspecified atom stereocenters. The molecule has 2 rings (SSSR count). The van der Waals surface area contributed by atoms with Crippen molar-refractivity contribution in [2.75, 3.05) is 7.11 Å². The summed E-state index contributed by atoms with van der Waals surface area (Å²) in [4.78, 5) is 4.38. The van der Waals surface area contributed by atoms with Crippen LogP contribution in [0.5, 0.6) is 0 Å². The van der Waals surface area contributed by atoms with E-state index in [4.69, 9.17) is 15.0 Å². The first kappa shape index (κ1) is 12.5. The minimum Gasteiger partial charge on any atom is -0.378 e. The summed E-state index contributed by atoms with van der Waals surface area (Å²) in [6.45, 7) is 2.06. The molecule has 0 radical (unpaired) electrons. The minimum absolute atomic E-state index is 0.0589. The van der Waals surface area contributed by atoms with Gasteiger partial charge in [-0.15, -0.1) is 0 Å². The molecular weight excluding hydrogens is 218 g/mol. The Bertz CT molecular complexity index is 355. The Morgan fingerprint density at radius 3 is 2.82 bits per heavy atom. The summed E-state index contributed by atoms with van der Waals surface area (Å²) in [6.07, 6.45) is 5.70. The maximum Gasteiger partial charge on any atom is 0.229 e. The van der Waals surface area contributed by atoms with E-state index in [1.54, 1.807) is 7.11 Å². The molecule has 1 aromatic rings. The molecule has 0 spiro atoms. The van der Waals surface area contributed by atoms with E-state index >= 15 is 0 Å². The lowest BCUT2D eigenvalue weighted by molar-refractivity contribution is -0.0751. The molecule has 96 valence electrons. The maximum atomic E-state index is 5.86. The number of hydrogen-bond acceptors (Lipinski definition) is 5. The monoisotopic (exact) mass is 239 g/mol. The first-order chi connectivity index (χ1) is 8.17. The van der Waals surface area contributed by atoms with Crippen LogP contribution in [0.4, 0.5) is 0 Å². The SMILES string of the molecule is CCC(N)Cc1noc(CC2(OC)CCC2)n1. The van der Waals surface area contributed by atoms with Gasteiger partial charge in [0.1, 0.15) is 0 Å². The van der Waals surface area contributed by atoms with Crippen molar-refractivity contribution in [3.63, 3.8) is 0 Å². The van der Waals surface area contributed by atoms with Crippen LogP contribution in [0.2, 0.25) is 0 Å². The highest BCUT2D eigenvalue weighted by Crippen LogP contribution is 2.37. The lowest BCUT2D eigenvalue weighted by Gasteiger charge is -2.39. The molecule has 1 saturated carbocycles. The highest BCUT2D eigenvalue weighted by atomic mass is 16.5. The van der Waals surface area contributed by atoms with E-state index in [0.717, 1.165) is 25.7 Å². The second kappa shape index (κ2) is 5.14. The largest absolute Gasteiger partial charge is 0.378 e. The Kier molecular flexibility index (Phi) is 3.79. The number of nitrogens with zero attached hydrogens (tertiary/aromatic N) is 2. The fourth-order valence-electron chi connectivity index (χ4n) is 2.12. The smallest absolute Gasteiger partial charge is 0.229 e. The quantitative estimate of drug-likeness (QED) is 0.813. The molecule has 1 aromatic heterocycles. The lowest BCUT2D eigenvalue weighted by atomic mass is 9.77. The van der Waals surface area contributed by atoms with E-state index in [2.05, 4.69) is 17.1 Å². The summed E-state index contributed by atoms with van der Waals surface area (Å²) in [5.41, 5.74) is 5.80. The van der Waals surface area contributed by atoms with Crippen molar-refractivity contribution < 1.29 is 9.26 Å². The third-order valence-corrected chi connectivity index (χ3v) is 3.65. The Morgan fingerprint density at radius 2 is 2.29 bits per heavy atom.